The van der Waals surface area contributed by atoms with E-state index in [1.54, 1.807) is 0 Å². The van der Waals surface area contributed by atoms with Crippen molar-refractivity contribution < 1.29 is 18.0 Å². The van der Waals surface area contributed by atoms with E-state index in [-0.39, 0.29) is 0 Å². The number of carbonyl (C=O) groups excluding carboxylic acids is 1. The Morgan fingerprint density at radius 2 is 1.70 bits per heavy atom. The van der Waals surface area contributed by atoms with Gasteiger partial charge in [-0.15, -0.1) is 0 Å². The van der Waals surface area contributed by atoms with Gasteiger partial charge in [0, 0.05) is 0 Å². The molecule has 0 aliphatic heterocycles. The van der Waals surface area contributed by atoms with Gasteiger partial charge in [-0.25, -0.2) is 0 Å². The van der Waals surface area contributed by atoms with Crippen molar-refractivity contribution in [3.05, 3.63) is 0 Å². The van der Waals surface area contributed by atoms with Gasteiger partial charge in [0.1, 0.15) is 5.54 Å². The Morgan fingerprint density at radius 1 is 1.30 bits per heavy atom. The summed E-state index contributed by atoms with van der Waals surface area (Å²) >= 11 is 0. The Hall–Kier alpha value is -0.740. The number of hydrogen-bond donors (Lipinski definition) is 1. The molecule has 0 unspecified atom stereocenters. The van der Waals surface area contributed by atoms with Crippen LogP contribution in [0.5, 0.6) is 0 Å². The maximum Gasteiger partial charge on any atom is 0.410 e. The van der Waals surface area contributed by atoms with Crippen LogP contribution in [-0.2, 0) is 4.79 Å². The van der Waals surface area contributed by atoms with Crippen LogP contribution >= 0.6 is 0 Å². The van der Waals surface area contributed by atoms with Crippen molar-refractivity contribution in [2.45, 2.75) is 25.6 Å². The van der Waals surface area contributed by atoms with Crippen LogP contribution in [0.2, 0.25) is 0 Å². The van der Waals surface area contributed by atoms with Crippen LogP contribution in [0.3, 0.4) is 0 Å². The number of alkyl halides is 3. The molecule has 0 saturated carbocycles. The van der Waals surface area contributed by atoms with Crippen molar-refractivity contribution in [2.24, 2.45) is 0 Å². The van der Waals surface area contributed by atoms with Crippen molar-refractivity contribution in [3.8, 4) is 0 Å². The molecular formula is C5H7F3NO. The lowest BCUT2D eigenvalue weighted by Crippen LogP contribution is -2.51. The van der Waals surface area contributed by atoms with E-state index < -0.39 is 11.7 Å². The van der Waals surface area contributed by atoms with Gasteiger partial charge in [-0.2, -0.15) is 13.2 Å². The first-order chi connectivity index (χ1) is 4.31. The zero-order valence-electron chi connectivity index (χ0n) is 5.54. The molecule has 0 bridgehead atoms. The van der Waals surface area contributed by atoms with Gasteiger partial charge in [-0.05, 0) is 13.8 Å². The molecule has 59 valence electrons. The van der Waals surface area contributed by atoms with Gasteiger partial charge in [0.25, 0.3) is 0 Å². The molecule has 0 aromatic rings. The SMILES string of the molecule is CC(C)(N[C]=O)C(F)(F)F. The van der Waals surface area contributed by atoms with Crippen LogP contribution in [0.4, 0.5) is 13.2 Å². The summed E-state index contributed by atoms with van der Waals surface area (Å²) in [7, 11) is 0. The topological polar surface area (TPSA) is 29.1 Å². The van der Waals surface area contributed by atoms with Gasteiger partial charge in [0.2, 0.25) is 0 Å². The van der Waals surface area contributed by atoms with E-state index in [4.69, 9.17) is 0 Å². The maximum absolute atomic E-state index is 11.8. The number of hydrogen-bond acceptors (Lipinski definition) is 1. The third-order valence-corrected chi connectivity index (χ3v) is 1.07. The third kappa shape index (κ3) is 1.89. The molecule has 1 amide bonds. The molecule has 0 aromatic heterocycles. The first-order valence-electron chi connectivity index (χ1n) is 2.52. The Kier molecular flexibility index (Phi) is 2.29. The third-order valence-electron chi connectivity index (χ3n) is 1.07. The summed E-state index contributed by atoms with van der Waals surface area (Å²) in [5.74, 6) is 0. The van der Waals surface area contributed by atoms with E-state index in [1.807, 2.05) is 0 Å². The van der Waals surface area contributed by atoms with Crippen molar-refractivity contribution in [2.75, 3.05) is 0 Å². The summed E-state index contributed by atoms with van der Waals surface area (Å²) in [6.45, 7) is 1.72. The minimum Gasteiger partial charge on any atom is -0.334 e. The van der Waals surface area contributed by atoms with Gasteiger partial charge in [-0.3, -0.25) is 4.79 Å². The highest BCUT2D eigenvalue weighted by Crippen LogP contribution is 2.28. The van der Waals surface area contributed by atoms with Crippen LogP contribution < -0.4 is 5.32 Å². The Labute approximate surface area is 56.4 Å². The second-order valence-corrected chi connectivity index (χ2v) is 2.35. The molecule has 0 aliphatic rings. The first kappa shape index (κ1) is 9.26. The lowest BCUT2D eigenvalue weighted by molar-refractivity contribution is -0.181. The summed E-state index contributed by atoms with van der Waals surface area (Å²) < 4.78 is 35.3. The smallest absolute Gasteiger partial charge is 0.334 e. The van der Waals surface area contributed by atoms with Crippen molar-refractivity contribution in [1.82, 2.24) is 5.32 Å². The normalized spacial score (nSPS) is 12.9. The average molecular weight is 154 g/mol. The maximum atomic E-state index is 11.8. The molecule has 0 fully saturated rings. The van der Waals surface area contributed by atoms with E-state index in [0.717, 1.165) is 20.3 Å². The van der Waals surface area contributed by atoms with Crippen LogP contribution in [0, 0.1) is 0 Å². The highest BCUT2D eigenvalue weighted by Gasteiger charge is 2.47. The first-order valence-corrected chi connectivity index (χ1v) is 2.52. The highest BCUT2D eigenvalue weighted by atomic mass is 19.4. The molecule has 5 heteroatoms. The summed E-state index contributed by atoms with van der Waals surface area (Å²) in [4.78, 5) is 9.53. The van der Waals surface area contributed by atoms with E-state index in [2.05, 4.69) is 0 Å². The minimum absolute atomic E-state index is 0.859. The fourth-order valence-corrected chi connectivity index (χ4v) is 0.198. The zero-order chi connectivity index (χ0) is 8.41. The van der Waals surface area contributed by atoms with Crippen LogP contribution in [-0.4, -0.2) is 18.1 Å². The second-order valence-electron chi connectivity index (χ2n) is 2.35. The Balaban J connectivity index is 4.23. The number of rotatable bonds is 2. The molecule has 0 aliphatic carbocycles. The van der Waals surface area contributed by atoms with E-state index in [9.17, 15) is 18.0 Å². The predicted molar refractivity (Wildman–Crippen MR) is 29.0 cm³/mol. The number of nitrogens with one attached hydrogen (secondary N) is 1. The number of amides is 1. The summed E-state index contributed by atoms with van der Waals surface area (Å²) in [6.07, 6.45) is -3.43. The van der Waals surface area contributed by atoms with Gasteiger partial charge < -0.3 is 5.32 Å². The monoisotopic (exact) mass is 154 g/mol. The van der Waals surface area contributed by atoms with Gasteiger partial charge in [0.05, 0.1) is 0 Å². The van der Waals surface area contributed by atoms with Gasteiger partial charge in [0.15, 0.2) is 0 Å². The molecule has 1 N–H and O–H groups in total. The highest BCUT2D eigenvalue weighted by molar-refractivity contribution is 5.49. The molecule has 0 atom stereocenters. The standard InChI is InChI=1S/C5H7F3NO/c1-4(2,9-3-10)5(6,7)8/h1-2H3,(H,9,10). The van der Waals surface area contributed by atoms with E-state index >= 15 is 0 Å². The summed E-state index contributed by atoms with van der Waals surface area (Å²) in [5, 5.41) is 1.53. The molecular weight excluding hydrogens is 147 g/mol. The van der Waals surface area contributed by atoms with Crippen molar-refractivity contribution >= 4 is 6.41 Å². The van der Waals surface area contributed by atoms with Crippen LogP contribution in [0.25, 0.3) is 0 Å². The molecule has 0 heterocycles. The van der Waals surface area contributed by atoms with Crippen molar-refractivity contribution in [1.29, 1.82) is 0 Å². The summed E-state index contributed by atoms with van der Waals surface area (Å²) in [6, 6.07) is 0. The molecule has 1 radical (unpaired) electrons. The van der Waals surface area contributed by atoms with Gasteiger partial charge in [-0.1, -0.05) is 0 Å². The number of halogens is 3. The Bertz CT molecular complexity index is 129. The fourth-order valence-electron chi connectivity index (χ4n) is 0.198. The lowest BCUT2D eigenvalue weighted by atomic mass is 10.1. The van der Waals surface area contributed by atoms with Crippen LogP contribution in [0.1, 0.15) is 13.8 Å². The predicted octanol–water partition coefficient (Wildman–Crippen LogP) is 0.984. The van der Waals surface area contributed by atoms with Gasteiger partial charge >= 0.3 is 12.6 Å². The quantitative estimate of drug-likeness (QED) is 0.590. The fraction of sp³-hybridized carbons (Fsp3) is 0.800. The summed E-state index contributed by atoms with van der Waals surface area (Å²) in [5.41, 5.74) is -2.19. The minimum atomic E-state index is -4.43. The lowest BCUT2D eigenvalue weighted by Gasteiger charge is -2.25. The molecule has 0 rings (SSSR count). The largest absolute Gasteiger partial charge is 0.410 e. The average Bonchev–Trinajstić information content (AvgIpc) is 1.61. The second kappa shape index (κ2) is 2.48. The molecule has 2 nitrogen and oxygen atoms in total. The van der Waals surface area contributed by atoms with Crippen LogP contribution in [0.15, 0.2) is 0 Å². The molecule has 10 heavy (non-hydrogen) atoms. The van der Waals surface area contributed by atoms with Crippen molar-refractivity contribution in [3.63, 3.8) is 0 Å². The molecule has 0 aromatic carbocycles. The van der Waals surface area contributed by atoms with E-state index in [1.165, 1.54) is 5.32 Å². The molecule has 0 spiro atoms. The zero-order valence-corrected chi connectivity index (χ0v) is 5.54. The Morgan fingerprint density at radius 3 is 1.80 bits per heavy atom. The van der Waals surface area contributed by atoms with E-state index in [0.29, 0.717) is 0 Å². The molecule has 0 saturated heterocycles.